The van der Waals surface area contributed by atoms with E-state index in [1.807, 2.05) is 13.8 Å². The molecule has 2 rings (SSSR count). The van der Waals surface area contributed by atoms with Gasteiger partial charge in [-0.2, -0.15) is 0 Å². The highest BCUT2D eigenvalue weighted by molar-refractivity contribution is 7.92. The number of amides is 1. The Bertz CT molecular complexity index is 1020. The van der Waals surface area contributed by atoms with Crippen LogP contribution < -0.4 is 4.31 Å². The van der Waals surface area contributed by atoms with E-state index < -0.39 is 10.0 Å². The van der Waals surface area contributed by atoms with Crippen molar-refractivity contribution in [2.75, 3.05) is 31.1 Å². The molecule has 0 unspecified atom stereocenters. The van der Waals surface area contributed by atoms with Gasteiger partial charge in [0.2, 0.25) is 0 Å². The van der Waals surface area contributed by atoms with Crippen molar-refractivity contribution in [2.45, 2.75) is 37.6 Å². The van der Waals surface area contributed by atoms with Gasteiger partial charge in [0.05, 0.1) is 28.8 Å². The van der Waals surface area contributed by atoms with Gasteiger partial charge in [-0.25, -0.2) is 8.42 Å². The fourth-order valence-electron chi connectivity index (χ4n) is 3.55. The number of nitrogens with zero attached hydrogens (tertiary/aromatic N) is 2. The van der Waals surface area contributed by atoms with Crippen LogP contribution >= 0.6 is 11.6 Å². The molecule has 1 amide bonds. The largest absolute Gasteiger partial charge is 0.383 e. The van der Waals surface area contributed by atoms with Crippen molar-refractivity contribution in [1.82, 2.24) is 4.90 Å². The van der Waals surface area contributed by atoms with Gasteiger partial charge in [0.15, 0.2) is 0 Å². The summed E-state index contributed by atoms with van der Waals surface area (Å²) in [4.78, 5) is 15.1. The molecule has 0 aliphatic carbocycles. The molecule has 0 aliphatic rings. The third-order valence-electron chi connectivity index (χ3n) is 5.27. The van der Waals surface area contributed by atoms with Gasteiger partial charge < -0.3 is 9.64 Å². The Labute approximate surface area is 196 Å². The van der Waals surface area contributed by atoms with E-state index in [9.17, 15) is 13.2 Å². The maximum atomic E-state index is 13.5. The number of carbonyl (C=O) groups is 1. The molecule has 0 bridgehead atoms. The van der Waals surface area contributed by atoms with E-state index in [1.54, 1.807) is 48.4 Å². The molecule has 0 radical (unpaired) electrons. The second-order valence-corrected chi connectivity index (χ2v) is 9.54. The minimum absolute atomic E-state index is 0.0151. The molecule has 0 saturated carbocycles. The van der Waals surface area contributed by atoms with Gasteiger partial charge >= 0.3 is 0 Å². The highest BCUT2D eigenvalue weighted by atomic mass is 35.5. The number of benzene rings is 2. The van der Waals surface area contributed by atoms with Gasteiger partial charge in [0, 0.05) is 25.3 Å². The first-order chi connectivity index (χ1) is 15.3. The first-order valence-electron chi connectivity index (χ1n) is 10.6. The van der Waals surface area contributed by atoms with Gasteiger partial charge in [-0.3, -0.25) is 9.10 Å². The molecule has 0 aromatic heterocycles. The highest BCUT2D eigenvalue weighted by Gasteiger charge is 2.28. The summed E-state index contributed by atoms with van der Waals surface area (Å²) in [5.74, 6) is -0.221. The Hall–Kier alpha value is -2.35. The fourth-order valence-corrected chi connectivity index (χ4v) is 5.34. The number of rotatable bonds is 12. The van der Waals surface area contributed by atoms with E-state index in [4.69, 9.17) is 16.3 Å². The standard InChI is InChI=1S/C24H31ClN2O4S/c1-5-15-27(23-14-9-8-13-22(23)25)32(29,30)21-12-10-11-19(18-21)24(28)26(16-17-31-4)20(6-2)7-3/h5,8-14,18,20H,1,6-7,15-17H2,2-4H3. The van der Waals surface area contributed by atoms with Crippen LogP contribution in [0.1, 0.15) is 37.0 Å². The molecule has 174 valence electrons. The minimum atomic E-state index is -3.99. The van der Waals surface area contributed by atoms with Crippen LogP contribution in [0, 0.1) is 0 Å². The second kappa shape index (κ2) is 12.0. The zero-order valence-corrected chi connectivity index (χ0v) is 20.4. The van der Waals surface area contributed by atoms with Crippen LogP contribution in [-0.2, 0) is 14.8 Å². The van der Waals surface area contributed by atoms with Crippen molar-refractivity contribution in [3.63, 3.8) is 0 Å². The van der Waals surface area contributed by atoms with E-state index in [2.05, 4.69) is 6.58 Å². The molecular formula is C24H31ClN2O4S. The highest BCUT2D eigenvalue weighted by Crippen LogP contribution is 2.30. The quantitative estimate of drug-likeness (QED) is 0.403. The predicted octanol–water partition coefficient (Wildman–Crippen LogP) is 5.00. The third-order valence-corrected chi connectivity index (χ3v) is 7.36. The average Bonchev–Trinajstić information content (AvgIpc) is 2.80. The number of ether oxygens (including phenoxy) is 1. The molecule has 6 nitrogen and oxygen atoms in total. The summed E-state index contributed by atoms with van der Waals surface area (Å²) in [7, 11) is -2.40. The number of para-hydroxylation sites is 1. The molecule has 0 aliphatic heterocycles. The molecule has 0 spiro atoms. The van der Waals surface area contributed by atoms with Crippen LogP contribution in [0.15, 0.2) is 66.1 Å². The number of hydrogen-bond donors (Lipinski definition) is 0. The summed E-state index contributed by atoms with van der Waals surface area (Å²) in [6, 6.07) is 12.9. The Kier molecular flexibility index (Phi) is 9.75. The normalized spacial score (nSPS) is 11.4. The molecular weight excluding hydrogens is 448 g/mol. The Morgan fingerprint density at radius 1 is 1.16 bits per heavy atom. The maximum absolute atomic E-state index is 13.5. The monoisotopic (exact) mass is 478 g/mol. The molecule has 2 aromatic carbocycles. The van der Waals surface area contributed by atoms with Crippen molar-refractivity contribution in [3.8, 4) is 0 Å². The topological polar surface area (TPSA) is 66.9 Å². The summed E-state index contributed by atoms with van der Waals surface area (Å²) in [5, 5.41) is 0.310. The number of anilines is 1. The molecule has 0 N–H and O–H groups in total. The molecule has 8 heteroatoms. The lowest BCUT2D eigenvalue weighted by Crippen LogP contribution is -2.42. The zero-order chi connectivity index (χ0) is 23.7. The summed E-state index contributed by atoms with van der Waals surface area (Å²) in [6.07, 6.45) is 3.09. The fraction of sp³-hybridized carbons (Fsp3) is 0.375. The van der Waals surface area contributed by atoms with Gasteiger partial charge in [0.1, 0.15) is 0 Å². The van der Waals surface area contributed by atoms with E-state index in [0.717, 1.165) is 12.8 Å². The Morgan fingerprint density at radius 2 is 1.84 bits per heavy atom. The smallest absolute Gasteiger partial charge is 0.264 e. The summed E-state index contributed by atoms with van der Waals surface area (Å²) >= 11 is 6.27. The summed E-state index contributed by atoms with van der Waals surface area (Å²) in [6.45, 7) is 8.60. The predicted molar refractivity (Wildman–Crippen MR) is 130 cm³/mol. The molecule has 32 heavy (non-hydrogen) atoms. The number of hydrogen-bond acceptors (Lipinski definition) is 4. The van der Waals surface area contributed by atoms with Crippen LogP contribution in [0.5, 0.6) is 0 Å². The second-order valence-electron chi connectivity index (χ2n) is 7.27. The molecule has 0 saturated heterocycles. The van der Waals surface area contributed by atoms with Gasteiger partial charge in [-0.1, -0.05) is 49.7 Å². The van der Waals surface area contributed by atoms with E-state index in [0.29, 0.717) is 29.4 Å². The third kappa shape index (κ3) is 5.91. The number of sulfonamides is 1. The molecule has 0 heterocycles. The number of methoxy groups -OCH3 is 1. The van der Waals surface area contributed by atoms with Crippen LogP contribution in [0.3, 0.4) is 0 Å². The number of carbonyl (C=O) groups excluding carboxylic acids is 1. The first kappa shape index (κ1) is 25.9. The van der Waals surface area contributed by atoms with Crippen molar-refractivity contribution in [3.05, 3.63) is 71.8 Å². The zero-order valence-electron chi connectivity index (χ0n) is 18.8. The lowest BCUT2D eigenvalue weighted by atomic mass is 10.1. The van der Waals surface area contributed by atoms with Crippen molar-refractivity contribution >= 4 is 33.2 Å². The molecule has 0 fully saturated rings. The summed E-state index contributed by atoms with van der Waals surface area (Å²) in [5.41, 5.74) is 0.663. The van der Waals surface area contributed by atoms with E-state index in [1.165, 1.54) is 22.5 Å². The lowest BCUT2D eigenvalue weighted by Gasteiger charge is -2.31. The SMILES string of the molecule is C=CCN(c1ccccc1Cl)S(=O)(=O)c1cccc(C(=O)N(CCOC)C(CC)CC)c1. The van der Waals surface area contributed by atoms with Crippen LogP contribution in [0.2, 0.25) is 5.02 Å². The lowest BCUT2D eigenvalue weighted by molar-refractivity contribution is 0.0589. The maximum Gasteiger partial charge on any atom is 0.264 e. The molecule has 0 atom stereocenters. The Balaban J connectivity index is 2.48. The van der Waals surface area contributed by atoms with Crippen molar-refractivity contribution in [2.24, 2.45) is 0 Å². The molecule has 2 aromatic rings. The van der Waals surface area contributed by atoms with E-state index in [-0.39, 0.29) is 23.4 Å². The van der Waals surface area contributed by atoms with Crippen molar-refractivity contribution in [1.29, 1.82) is 0 Å². The Morgan fingerprint density at radius 3 is 2.44 bits per heavy atom. The van der Waals surface area contributed by atoms with Crippen LogP contribution in [0.4, 0.5) is 5.69 Å². The summed E-state index contributed by atoms with van der Waals surface area (Å²) < 4.78 is 33.4. The number of halogens is 1. The van der Waals surface area contributed by atoms with Gasteiger partial charge in [-0.05, 0) is 43.2 Å². The van der Waals surface area contributed by atoms with Gasteiger partial charge in [-0.15, -0.1) is 6.58 Å². The van der Waals surface area contributed by atoms with Crippen LogP contribution in [-0.4, -0.2) is 52.1 Å². The van der Waals surface area contributed by atoms with Crippen LogP contribution in [0.25, 0.3) is 0 Å². The first-order valence-corrected chi connectivity index (χ1v) is 12.4. The van der Waals surface area contributed by atoms with Gasteiger partial charge in [0.25, 0.3) is 15.9 Å². The van der Waals surface area contributed by atoms with Crippen molar-refractivity contribution < 1.29 is 17.9 Å². The minimum Gasteiger partial charge on any atom is -0.383 e. The average molecular weight is 479 g/mol. The van der Waals surface area contributed by atoms with E-state index >= 15 is 0 Å².